The van der Waals surface area contributed by atoms with Gasteiger partial charge in [-0.3, -0.25) is 9.48 Å². The first kappa shape index (κ1) is 19.3. The second-order valence-electron chi connectivity index (χ2n) is 7.55. The molecule has 2 unspecified atom stereocenters. The van der Waals surface area contributed by atoms with Gasteiger partial charge < -0.3 is 10.7 Å². The molecular weight excluding hydrogens is 399 g/mol. The van der Waals surface area contributed by atoms with Gasteiger partial charge in [-0.05, 0) is 30.3 Å². The predicted molar refractivity (Wildman–Crippen MR) is 114 cm³/mol. The summed E-state index contributed by atoms with van der Waals surface area (Å²) < 4.78 is 15.9. The van der Waals surface area contributed by atoms with Crippen LogP contribution in [-0.2, 0) is 13.6 Å². The number of aromatic nitrogens is 5. The van der Waals surface area contributed by atoms with Gasteiger partial charge in [0.05, 0.1) is 28.7 Å². The standard InChI is InChI=1S/C21H21FN8O/c1-23-9-11-3-5-12(6-4-11)18-17(20-24-10-25-30(20)2)19-16-14(21(31)29-28-19)7-13(22)8-15(16)26-27-18/h3-8,10,17-18,23,26-27H,9H2,1-2H3,(H,29,31). The van der Waals surface area contributed by atoms with Crippen molar-refractivity contribution in [3.63, 3.8) is 0 Å². The Bertz CT molecular complexity index is 1310. The highest BCUT2D eigenvalue weighted by Crippen LogP contribution is 2.41. The lowest BCUT2D eigenvalue weighted by molar-refractivity contribution is 0.486. The third-order valence-corrected chi connectivity index (χ3v) is 5.62. The molecule has 158 valence electrons. The molecule has 0 aliphatic carbocycles. The lowest BCUT2D eigenvalue weighted by Crippen LogP contribution is -2.32. The number of nitrogens with zero attached hydrogens (tertiary/aromatic N) is 4. The summed E-state index contributed by atoms with van der Waals surface area (Å²) in [5.41, 5.74) is 9.12. The summed E-state index contributed by atoms with van der Waals surface area (Å²) >= 11 is 0. The molecule has 0 spiro atoms. The van der Waals surface area contributed by atoms with Gasteiger partial charge in [0, 0.05) is 19.0 Å². The van der Waals surface area contributed by atoms with Crippen LogP contribution in [0.2, 0.25) is 0 Å². The number of aromatic amines is 1. The molecule has 0 fully saturated rings. The van der Waals surface area contributed by atoms with E-state index in [1.165, 1.54) is 18.5 Å². The van der Waals surface area contributed by atoms with E-state index in [0.29, 0.717) is 22.6 Å². The Morgan fingerprint density at radius 2 is 2.03 bits per heavy atom. The van der Waals surface area contributed by atoms with Gasteiger partial charge in [0.15, 0.2) is 0 Å². The van der Waals surface area contributed by atoms with Crippen molar-refractivity contribution < 1.29 is 4.39 Å². The monoisotopic (exact) mass is 420 g/mol. The first-order chi connectivity index (χ1) is 15.1. The molecule has 9 nitrogen and oxygen atoms in total. The fraction of sp³-hybridized carbons (Fsp3) is 0.238. The number of halogens is 1. The van der Waals surface area contributed by atoms with Crippen LogP contribution in [0.1, 0.15) is 34.6 Å². The van der Waals surface area contributed by atoms with E-state index in [9.17, 15) is 9.18 Å². The average molecular weight is 420 g/mol. The molecule has 0 radical (unpaired) electrons. The Labute approximate surface area is 176 Å². The molecule has 0 saturated carbocycles. The summed E-state index contributed by atoms with van der Waals surface area (Å²) in [6.45, 7) is 0.760. The number of hydrogen-bond acceptors (Lipinski definition) is 7. The zero-order valence-electron chi connectivity index (χ0n) is 17.0. The fourth-order valence-corrected chi connectivity index (χ4v) is 4.19. The van der Waals surface area contributed by atoms with Crippen LogP contribution in [0.4, 0.5) is 10.1 Å². The zero-order valence-corrected chi connectivity index (χ0v) is 17.0. The summed E-state index contributed by atoms with van der Waals surface area (Å²) in [6.07, 6.45) is 1.48. The highest BCUT2D eigenvalue weighted by molar-refractivity contribution is 5.96. The maximum atomic E-state index is 14.3. The third kappa shape index (κ3) is 3.25. The Balaban J connectivity index is 1.74. The van der Waals surface area contributed by atoms with Crippen LogP contribution in [0.3, 0.4) is 0 Å². The van der Waals surface area contributed by atoms with E-state index in [0.717, 1.165) is 17.7 Å². The number of hydrazine groups is 1. The van der Waals surface area contributed by atoms with Gasteiger partial charge in [0.25, 0.3) is 5.56 Å². The highest BCUT2D eigenvalue weighted by Gasteiger charge is 2.36. The highest BCUT2D eigenvalue weighted by atomic mass is 19.1. The van der Waals surface area contributed by atoms with Gasteiger partial charge in [-0.25, -0.2) is 19.9 Å². The van der Waals surface area contributed by atoms with E-state index in [1.807, 2.05) is 26.2 Å². The van der Waals surface area contributed by atoms with E-state index in [-0.39, 0.29) is 11.4 Å². The minimum Gasteiger partial charge on any atom is -0.320 e. The van der Waals surface area contributed by atoms with Crippen LogP contribution in [0.25, 0.3) is 10.8 Å². The Morgan fingerprint density at radius 1 is 1.23 bits per heavy atom. The first-order valence-corrected chi connectivity index (χ1v) is 9.87. The molecule has 0 saturated heterocycles. The van der Waals surface area contributed by atoms with Gasteiger partial charge in [-0.2, -0.15) is 10.2 Å². The molecule has 4 N–H and O–H groups in total. The average Bonchev–Trinajstić information content (AvgIpc) is 3.11. The van der Waals surface area contributed by atoms with Crippen molar-refractivity contribution in [3.8, 4) is 0 Å². The normalized spacial score (nSPS) is 18.0. The third-order valence-electron chi connectivity index (χ3n) is 5.62. The molecule has 0 bridgehead atoms. The van der Waals surface area contributed by atoms with Gasteiger partial charge in [0.2, 0.25) is 0 Å². The van der Waals surface area contributed by atoms with Crippen molar-refractivity contribution in [2.24, 2.45) is 7.05 Å². The summed E-state index contributed by atoms with van der Waals surface area (Å²) in [6, 6.07) is 10.4. The second-order valence-corrected chi connectivity index (χ2v) is 7.55. The van der Waals surface area contributed by atoms with E-state index >= 15 is 0 Å². The lowest BCUT2D eigenvalue weighted by Gasteiger charge is -2.26. The molecule has 5 rings (SSSR count). The molecule has 10 heteroatoms. The van der Waals surface area contributed by atoms with Crippen LogP contribution in [0.5, 0.6) is 0 Å². The lowest BCUT2D eigenvalue weighted by atomic mass is 9.87. The van der Waals surface area contributed by atoms with Crippen molar-refractivity contribution in [2.45, 2.75) is 18.5 Å². The van der Waals surface area contributed by atoms with Crippen molar-refractivity contribution in [3.05, 3.63) is 81.5 Å². The summed E-state index contributed by atoms with van der Waals surface area (Å²) in [4.78, 5) is 16.9. The van der Waals surface area contributed by atoms with Crippen LogP contribution < -0.4 is 21.7 Å². The zero-order chi connectivity index (χ0) is 21.5. The number of hydrogen-bond donors (Lipinski definition) is 4. The van der Waals surface area contributed by atoms with Crippen molar-refractivity contribution in [1.82, 2.24) is 35.7 Å². The molecule has 31 heavy (non-hydrogen) atoms. The molecule has 1 aliphatic heterocycles. The fourth-order valence-electron chi connectivity index (χ4n) is 4.19. The smallest absolute Gasteiger partial charge is 0.272 e. The minimum absolute atomic E-state index is 0.228. The Hall–Kier alpha value is -3.63. The maximum absolute atomic E-state index is 14.3. The molecule has 4 aromatic rings. The largest absolute Gasteiger partial charge is 0.320 e. The number of benzene rings is 2. The first-order valence-electron chi connectivity index (χ1n) is 9.87. The number of anilines is 1. The molecule has 3 heterocycles. The molecule has 2 atom stereocenters. The minimum atomic E-state index is -0.510. The van der Waals surface area contributed by atoms with E-state index in [4.69, 9.17) is 0 Å². The van der Waals surface area contributed by atoms with Gasteiger partial charge in [-0.1, -0.05) is 24.3 Å². The van der Waals surface area contributed by atoms with Crippen molar-refractivity contribution in [2.75, 3.05) is 12.5 Å². The predicted octanol–water partition coefficient (Wildman–Crippen LogP) is 1.71. The van der Waals surface area contributed by atoms with Gasteiger partial charge >= 0.3 is 0 Å². The van der Waals surface area contributed by atoms with Crippen LogP contribution in [0, 0.1) is 5.82 Å². The Kier molecular flexibility index (Phi) is 4.72. The summed E-state index contributed by atoms with van der Waals surface area (Å²) in [5.74, 6) is -0.248. The van der Waals surface area contributed by atoms with Crippen molar-refractivity contribution in [1.29, 1.82) is 0 Å². The molecule has 2 aromatic carbocycles. The summed E-state index contributed by atoms with van der Waals surface area (Å²) in [7, 11) is 3.71. The SMILES string of the molecule is CNCc1ccc(C2NNc3cc(F)cc4c(=O)[nH]nc(c34)C2c2ncnn2C)cc1. The number of aryl methyl sites for hydroxylation is 1. The molecule has 2 aromatic heterocycles. The van der Waals surface area contributed by atoms with Crippen LogP contribution in [0.15, 0.2) is 47.5 Å². The van der Waals surface area contributed by atoms with Crippen LogP contribution in [-0.4, -0.2) is 32.0 Å². The Morgan fingerprint density at radius 3 is 2.74 bits per heavy atom. The van der Waals surface area contributed by atoms with Crippen molar-refractivity contribution >= 4 is 16.5 Å². The maximum Gasteiger partial charge on any atom is 0.272 e. The molecular formula is C21H21FN8O. The molecule has 0 amide bonds. The van der Waals surface area contributed by atoms with Gasteiger partial charge in [0.1, 0.15) is 18.0 Å². The van der Waals surface area contributed by atoms with E-state index in [1.54, 1.807) is 4.68 Å². The topological polar surface area (TPSA) is 113 Å². The number of nitrogens with one attached hydrogen (secondary N) is 4. The summed E-state index contributed by atoms with van der Waals surface area (Å²) in [5, 5.41) is 15.1. The second kappa shape index (κ2) is 7.56. The van der Waals surface area contributed by atoms with Gasteiger partial charge in [-0.15, -0.1) is 0 Å². The van der Waals surface area contributed by atoms with E-state index < -0.39 is 17.3 Å². The van der Waals surface area contributed by atoms with E-state index in [2.05, 4.69) is 48.6 Å². The quantitative estimate of drug-likeness (QED) is 0.398. The van der Waals surface area contributed by atoms with Crippen LogP contribution >= 0.6 is 0 Å². The molecule has 1 aliphatic rings. The number of rotatable bonds is 4. The number of H-pyrrole nitrogens is 1.